The summed E-state index contributed by atoms with van der Waals surface area (Å²) in [6, 6.07) is -0.318. The van der Waals surface area contributed by atoms with Gasteiger partial charge in [-0.25, -0.2) is 0 Å². The maximum Gasteiger partial charge on any atom is 0.240 e. The van der Waals surface area contributed by atoms with E-state index in [1.165, 1.54) is 0 Å². The second-order valence-corrected chi connectivity index (χ2v) is 4.34. The van der Waals surface area contributed by atoms with Gasteiger partial charge in [-0.2, -0.15) is 0 Å². The Morgan fingerprint density at radius 2 is 1.94 bits per heavy atom. The Labute approximate surface area is 99.1 Å². The van der Waals surface area contributed by atoms with Crippen molar-refractivity contribution in [3.8, 4) is 0 Å². The first-order valence-corrected chi connectivity index (χ1v) is 6.04. The number of hydrogen-bond acceptors (Lipinski definition) is 3. The molecule has 0 aliphatic heterocycles. The predicted octanol–water partition coefficient (Wildman–Crippen LogP) is 1.24. The van der Waals surface area contributed by atoms with Gasteiger partial charge in [-0.15, -0.1) is 0 Å². The molecule has 0 aromatic rings. The normalized spacial score (nSPS) is 16.6. The summed E-state index contributed by atoms with van der Waals surface area (Å²) in [6.07, 6.45) is 0.920. The van der Waals surface area contributed by atoms with Gasteiger partial charge < -0.3 is 15.4 Å². The standard InChI is InChI=1S/C12H26N2O2/c1-6-9(3)11(13)12(15)14(7-2)10(4)8-16-5/h9-11H,6-8,13H2,1-5H3/t9-,10?,11-/m0/s1. The van der Waals surface area contributed by atoms with Gasteiger partial charge in [-0.1, -0.05) is 20.3 Å². The number of carbonyl (C=O) groups is 1. The van der Waals surface area contributed by atoms with Gasteiger partial charge in [0.15, 0.2) is 0 Å². The Bertz CT molecular complexity index is 209. The van der Waals surface area contributed by atoms with E-state index in [0.717, 1.165) is 6.42 Å². The van der Waals surface area contributed by atoms with Crippen LogP contribution in [0.4, 0.5) is 0 Å². The Balaban J connectivity index is 4.51. The second kappa shape index (κ2) is 7.63. The van der Waals surface area contributed by atoms with Crippen molar-refractivity contribution in [2.45, 2.75) is 46.2 Å². The third-order valence-corrected chi connectivity index (χ3v) is 3.11. The van der Waals surface area contributed by atoms with Gasteiger partial charge in [0.25, 0.3) is 0 Å². The Kier molecular flexibility index (Phi) is 7.34. The van der Waals surface area contributed by atoms with E-state index in [2.05, 4.69) is 0 Å². The number of ether oxygens (including phenoxy) is 1. The molecule has 1 amide bonds. The molecule has 3 atom stereocenters. The molecule has 4 nitrogen and oxygen atoms in total. The summed E-state index contributed by atoms with van der Waals surface area (Å²) in [5.74, 6) is 0.248. The smallest absolute Gasteiger partial charge is 0.240 e. The van der Waals surface area contributed by atoms with E-state index in [-0.39, 0.29) is 17.9 Å². The summed E-state index contributed by atoms with van der Waals surface area (Å²) < 4.78 is 5.07. The van der Waals surface area contributed by atoms with Crippen LogP contribution in [0, 0.1) is 5.92 Å². The van der Waals surface area contributed by atoms with E-state index in [9.17, 15) is 4.79 Å². The topological polar surface area (TPSA) is 55.6 Å². The number of amides is 1. The molecule has 0 saturated carbocycles. The molecule has 0 aliphatic carbocycles. The largest absolute Gasteiger partial charge is 0.383 e. The summed E-state index contributed by atoms with van der Waals surface area (Å²) >= 11 is 0. The van der Waals surface area contributed by atoms with Crippen LogP contribution in [-0.4, -0.2) is 43.2 Å². The van der Waals surface area contributed by atoms with Crippen molar-refractivity contribution < 1.29 is 9.53 Å². The molecular weight excluding hydrogens is 204 g/mol. The first kappa shape index (κ1) is 15.4. The van der Waals surface area contributed by atoms with Gasteiger partial charge in [0.05, 0.1) is 18.7 Å². The van der Waals surface area contributed by atoms with Crippen LogP contribution in [-0.2, 0) is 9.53 Å². The van der Waals surface area contributed by atoms with Crippen molar-refractivity contribution in [2.75, 3.05) is 20.3 Å². The molecular formula is C12H26N2O2. The zero-order valence-corrected chi connectivity index (χ0v) is 11.2. The lowest BCUT2D eigenvalue weighted by molar-refractivity contribution is -0.136. The minimum atomic E-state index is -0.399. The van der Waals surface area contributed by atoms with Crippen molar-refractivity contribution >= 4 is 5.91 Å². The average molecular weight is 230 g/mol. The summed E-state index contributed by atoms with van der Waals surface area (Å²) in [5.41, 5.74) is 5.95. The lowest BCUT2D eigenvalue weighted by atomic mass is 9.98. The van der Waals surface area contributed by atoms with Crippen molar-refractivity contribution in [1.82, 2.24) is 4.90 Å². The van der Waals surface area contributed by atoms with Crippen LogP contribution in [0.25, 0.3) is 0 Å². The number of carbonyl (C=O) groups excluding carboxylic acids is 1. The van der Waals surface area contributed by atoms with E-state index in [0.29, 0.717) is 13.2 Å². The van der Waals surface area contributed by atoms with Crippen molar-refractivity contribution in [3.05, 3.63) is 0 Å². The molecule has 0 bridgehead atoms. The van der Waals surface area contributed by atoms with Crippen molar-refractivity contribution in [1.29, 1.82) is 0 Å². The van der Waals surface area contributed by atoms with Crippen LogP contribution in [0.5, 0.6) is 0 Å². The molecule has 0 saturated heterocycles. The van der Waals surface area contributed by atoms with Crippen molar-refractivity contribution in [2.24, 2.45) is 11.7 Å². The fourth-order valence-corrected chi connectivity index (χ4v) is 1.70. The van der Waals surface area contributed by atoms with Gasteiger partial charge in [-0.3, -0.25) is 4.79 Å². The van der Waals surface area contributed by atoms with Gasteiger partial charge >= 0.3 is 0 Å². The van der Waals surface area contributed by atoms with Gasteiger partial charge in [0, 0.05) is 13.7 Å². The molecule has 96 valence electrons. The Morgan fingerprint density at radius 3 is 2.31 bits per heavy atom. The maximum absolute atomic E-state index is 12.1. The first-order chi connectivity index (χ1) is 7.49. The van der Waals surface area contributed by atoms with Gasteiger partial charge in [0.2, 0.25) is 5.91 Å². The molecule has 0 heterocycles. The molecule has 16 heavy (non-hydrogen) atoms. The summed E-state index contributed by atoms with van der Waals surface area (Å²) in [7, 11) is 1.64. The highest BCUT2D eigenvalue weighted by molar-refractivity contribution is 5.82. The van der Waals surface area contributed by atoms with E-state index in [1.54, 1.807) is 12.0 Å². The van der Waals surface area contributed by atoms with E-state index >= 15 is 0 Å². The lowest BCUT2D eigenvalue weighted by Crippen LogP contribution is -2.51. The summed E-state index contributed by atoms with van der Waals surface area (Å²) in [5, 5.41) is 0. The van der Waals surface area contributed by atoms with Crippen LogP contribution in [0.3, 0.4) is 0 Å². The Morgan fingerprint density at radius 1 is 1.38 bits per heavy atom. The van der Waals surface area contributed by atoms with Crippen LogP contribution in [0.1, 0.15) is 34.1 Å². The van der Waals surface area contributed by atoms with E-state index in [1.807, 2.05) is 27.7 Å². The zero-order chi connectivity index (χ0) is 12.7. The molecule has 4 heteroatoms. The van der Waals surface area contributed by atoms with E-state index in [4.69, 9.17) is 10.5 Å². The number of likely N-dealkylation sites (N-methyl/N-ethyl adjacent to an activating group) is 1. The monoisotopic (exact) mass is 230 g/mol. The van der Waals surface area contributed by atoms with Crippen LogP contribution in [0.2, 0.25) is 0 Å². The molecule has 0 aromatic heterocycles. The first-order valence-electron chi connectivity index (χ1n) is 6.04. The molecule has 0 spiro atoms. The highest BCUT2D eigenvalue weighted by atomic mass is 16.5. The number of rotatable bonds is 7. The minimum Gasteiger partial charge on any atom is -0.383 e. The van der Waals surface area contributed by atoms with Gasteiger partial charge in [-0.05, 0) is 19.8 Å². The molecule has 0 aromatic carbocycles. The second-order valence-electron chi connectivity index (χ2n) is 4.34. The molecule has 0 rings (SSSR count). The molecule has 0 fully saturated rings. The number of hydrogen-bond donors (Lipinski definition) is 1. The molecule has 0 aliphatic rings. The predicted molar refractivity (Wildman–Crippen MR) is 66.2 cm³/mol. The molecule has 1 unspecified atom stereocenters. The third kappa shape index (κ3) is 4.10. The van der Waals surface area contributed by atoms with E-state index < -0.39 is 6.04 Å². The fourth-order valence-electron chi connectivity index (χ4n) is 1.70. The number of nitrogens with two attached hydrogens (primary N) is 1. The SMILES string of the molecule is CC[C@H](C)[C@H](N)C(=O)N(CC)C(C)COC. The van der Waals surface area contributed by atoms with Crippen LogP contribution >= 0.6 is 0 Å². The van der Waals surface area contributed by atoms with Crippen LogP contribution in [0.15, 0.2) is 0 Å². The third-order valence-electron chi connectivity index (χ3n) is 3.11. The maximum atomic E-state index is 12.1. The van der Waals surface area contributed by atoms with Crippen LogP contribution < -0.4 is 5.73 Å². The number of nitrogens with zero attached hydrogens (tertiary/aromatic N) is 1. The summed E-state index contributed by atoms with van der Waals surface area (Å²) in [6.45, 7) is 9.23. The Hall–Kier alpha value is -0.610. The van der Waals surface area contributed by atoms with Gasteiger partial charge in [0.1, 0.15) is 0 Å². The molecule has 0 radical (unpaired) electrons. The minimum absolute atomic E-state index is 0.0291. The zero-order valence-electron chi connectivity index (χ0n) is 11.2. The fraction of sp³-hybridized carbons (Fsp3) is 0.917. The summed E-state index contributed by atoms with van der Waals surface area (Å²) in [4.78, 5) is 13.9. The molecule has 2 N–H and O–H groups in total. The highest BCUT2D eigenvalue weighted by Crippen LogP contribution is 2.10. The highest BCUT2D eigenvalue weighted by Gasteiger charge is 2.26. The lowest BCUT2D eigenvalue weighted by Gasteiger charge is -2.31. The quantitative estimate of drug-likeness (QED) is 0.716. The average Bonchev–Trinajstić information content (AvgIpc) is 2.28. The number of methoxy groups -OCH3 is 1. The van der Waals surface area contributed by atoms with Crippen molar-refractivity contribution in [3.63, 3.8) is 0 Å².